The van der Waals surface area contributed by atoms with Gasteiger partial charge in [-0.15, -0.1) is 0 Å². The number of ketones is 1. The summed E-state index contributed by atoms with van der Waals surface area (Å²) in [6.07, 6.45) is 1.83. The summed E-state index contributed by atoms with van der Waals surface area (Å²) in [5, 5.41) is 0. The molecule has 4 nitrogen and oxygen atoms in total. The number of rotatable bonds is 2. The maximum atomic E-state index is 12.5. The fourth-order valence-corrected chi connectivity index (χ4v) is 2.94. The first-order valence-electron chi connectivity index (χ1n) is 6.47. The third-order valence-electron chi connectivity index (χ3n) is 3.43. The van der Waals surface area contributed by atoms with Crippen molar-refractivity contribution in [2.75, 3.05) is 26.4 Å². The Morgan fingerprint density at radius 1 is 1.16 bits per heavy atom. The fraction of sp³-hybridized carbons (Fsp3) is 0.500. The number of carbonyl (C=O) groups excluding carboxylic acids is 1. The standard InChI is InChI=1S/C14H15BrO4/c15-11-7-13-12(18-4-5-19-13)6-10(11)14(16)9-2-1-3-17-8-9/h6-7,9H,1-5,8H2. The first-order chi connectivity index (χ1) is 9.25. The molecule has 0 aliphatic carbocycles. The molecule has 1 fully saturated rings. The molecule has 1 unspecified atom stereocenters. The normalized spacial score (nSPS) is 22.1. The molecule has 0 aromatic heterocycles. The summed E-state index contributed by atoms with van der Waals surface area (Å²) in [5.74, 6) is 1.40. The van der Waals surface area contributed by atoms with E-state index in [2.05, 4.69) is 15.9 Å². The summed E-state index contributed by atoms with van der Waals surface area (Å²) in [6.45, 7) is 2.34. The van der Waals surface area contributed by atoms with E-state index in [1.807, 2.05) is 6.07 Å². The highest BCUT2D eigenvalue weighted by Crippen LogP contribution is 2.37. The molecule has 0 N–H and O–H groups in total. The summed E-state index contributed by atoms with van der Waals surface area (Å²) in [5.41, 5.74) is 0.653. The van der Waals surface area contributed by atoms with Gasteiger partial charge in [0.15, 0.2) is 17.3 Å². The van der Waals surface area contributed by atoms with Crippen molar-refractivity contribution in [3.63, 3.8) is 0 Å². The second kappa shape index (κ2) is 5.51. The van der Waals surface area contributed by atoms with Gasteiger partial charge in [-0.25, -0.2) is 0 Å². The van der Waals surface area contributed by atoms with Gasteiger partial charge in [-0.2, -0.15) is 0 Å². The summed E-state index contributed by atoms with van der Waals surface area (Å²) < 4.78 is 17.2. The predicted octanol–water partition coefficient (Wildman–Crippen LogP) is 2.83. The smallest absolute Gasteiger partial charge is 0.169 e. The van der Waals surface area contributed by atoms with Crippen LogP contribution in [0.15, 0.2) is 16.6 Å². The van der Waals surface area contributed by atoms with Gasteiger partial charge < -0.3 is 14.2 Å². The minimum Gasteiger partial charge on any atom is -0.486 e. The molecule has 0 radical (unpaired) electrons. The molecule has 1 aromatic rings. The van der Waals surface area contributed by atoms with E-state index in [9.17, 15) is 4.79 Å². The van der Waals surface area contributed by atoms with Gasteiger partial charge >= 0.3 is 0 Å². The molecule has 1 atom stereocenters. The van der Waals surface area contributed by atoms with Gasteiger partial charge in [-0.3, -0.25) is 4.79 Å². The van der Waals surface area contributed by atoms with Crippen molar-refractivity contribution >= 4 is 21.7 Å². The van der Waals surface area contributed by atoms with Crippen molar-refractivity contribution in [1.29, 1.82) is 0 Å². The van der Waals surface area contributed by atoms with Crippen molar-refractivity contribution in [2.24, 2.45) is 5.92 Å². The van der Waals surface area contributed by atoms with Crippen molar-refractivity contribution in [3.05, 3.63) is 22.2 Å². The van der Waals surface area contributed by atoms with Gasteiger partial charge in [0, 0.05) is 22.6 Å². The third kappa shape index (κ3) is 2.62. The van der Waals surface area contributed by atoms with E-state index in [0.29, 0.717) is 36.9 Å². The van der Waals surface area contributed by atoms with Crippen LogP contribution in [0.2, 0.25) is 0 Å². The molecule has 102 valence electrons. The van der Waals surface area contributed by atoms with Crippen LogP contribution in [0, 0.1) is 5.92 Å². The quantitative estimate of drug-likeness (QED) is 0.784. The summed E-state index contributed by atoms with van der Waals surface area (Å²) in [7, 11) is 0. The minimum atomic E-state index is -0.0485. The highest BCUT2D eigenvalue weighted by molar-refractivity contribution is 9.10. The highest BCUT2D eigenvalue weighted by Gasteiger charge is 2.26. The zero-order chi connectivity index (χ0) is 13.2. The Labute approximate surface area is 120 Å². The van der Waals surface area contributed by atoms with Gasteiger partial charge in [0.1, 0.15) is 13.2 Å². The summed E-state index contributed by atoms with van der Waals surface area (Å²) in [6, 6.07) is 3.58. The molecule has 2 aliphatic rings. The zero-order valence-corrected chi connectivity index (χ0v) is 12.1. The molecule has 19 heavy (non-hydrogen) atoms. The van der Waals surface area contributed by atoms with Crippen LogP contribution >= 0.6 is 15.9 Å². The SMILES string of the molecule is O=C(c1cc2c(cc1Br)OCCO2)C1CCCOC1. The van der Waals surface area contributed by atoms with E-state index in [1.54, 1.807) is 6.07 Å². The summed E-state index contributed by atoms with van der Waals surface area (Å²) in [4.78, 5) is 12.5. The largest absolute Gasteiger partial charge is 0.486 e. The molecule has 0 bridgehead atoms. The Balaban J connectivity index is 1.89. The molecular weight excluding hydrogens is 312 g/mol. The molecule has 0 saturated carbocycles. The first kappa shape index (κ1) is 12.9. The van der Waals surface area contributed by atoms with E-state index in [4.69, 9.17) is 14.2 Å². The fourth-order valence-electron chi connectivity index (χ4n) is 2.42. The average molecular weight is 327 g/mol. The van der Waals surface area contributed by atoms with Gasteiger partial charge in [-0.05, 0) is 40.9 Å². The van der Waals surface area contributed by atoms with Gasteiger partial charge in [0.2, 0.25) is 0 Å². The maximum absolute atomic E-state index is 12.5. The lowest BCUT2D eigenvalue weighted by Crippen LogP contribution is -2.26. The van der Waals surface area contributed by atoms with E-state index in [-0.39, 0.29) is 11.7 Å². The van der Waals surface area contributed by atoms with Crippen LogP contribution in [-0.2, 0) is 4.74 Å². The van der Waals surface area contributed by atoms with Gasteiger partial charge in [0.05, 0.1) is 6.61 Å². The van der Waals surface area contributed by atoms with E-state index in [0.717, 1.165) is 23.9 Å². The lowest BCUT2D eigenvalue weighted by atomic mass is 9.92. The molecule has 3 rings (SSSR count). The maximum Gasteiger partial charge on any atom is 0.169 e. The molecule has 1 aromatic carbocycles. The topological polar surface area (TPSA) is 44.8 Å². The number of ether oxygens (including phenoxy) is 3. The highest BCUT2D eigenvalue weighted by atomic mass is 79.9. The Hall–Kier alpha value is -1.07. The average Bonchev–Trinajstić information content (AvgIpc) is 2.47. The Kier molecular flexibility index (Phi) is 3.75. The monoisotopic (exact) mass is 326 g/mol. The molecular formula is C14H15BrO4. The number of halogens is 1. The number of benzene rings is 1. The Bertz CT molecular complexity index is 494. The molecule has 2 aliphatic heterocycles. The predicted molar refractivity (Wildman–Crippen MR) is 73.0 cm³/mol. The second-order valence-corrected chi connectivity index (χ2v) is 5.61. The Morgan fingerprint density at radius 3 is 2.58 bits per heavy atom. The van der Waals surface area contributed by atoms with Crippen LogP contribution in [0.5, 0.6) is 11.5 Å². The van der Waals surface area contributed by atoms with Gasteiger partial charge in [-0.1, -0.05) is 0 Å². The molecule has 1 saturated heterocycles. The van der Waals surface area contributed by atoms with Crippen molar-refractivity contribution in [1.82, 2.24) is 0 Å². The molecule has 5 heteroatoms. The minimum absolute atomic E-state index is 0.0485. The number of hydrogen-bond donors (Lipinski definition) is 0. The van der Waals surface area contributed by atoms with E-state index >= 15 is 0 Å². The lowest BCUT2D eigenvalue weighted by molar-refractivity contribution is 0.0460. The van der Waals surface area contributed by atoms with E-state index < -0.39 is 0 Å². The van der Waals surface area contributed by atoms with Crippen molar-refractivity contribution < 1.29 is 19.0 Å². The van der Waals surface area contributed by atoms with Crippen LogP contribution in [0.25, 0.3) is 0 Å². The third-order valence-corrected chi connectivity index (χ3v) is 4.08. The van der Waals surface area contributed by atoms with E-state index in [1.165, 1.54) is 0 Å². The van der Waals surface area contributed by atoms with Crippen molar-refractivity contribution in [3.8, 4) is 11.5 Å². The summed E-state index contributed by atoms with van der Waals surface area (Å²) >= 11 is 3.45. The molecule has 0 spiro atoms. The number of Topliss-reactive ketones (excluding diaryl/α,β-unsaturated/α-hetero) is 1. The van der Waals surface area contributed by atoms with Crippen LogP contribution in [0.1, 0.15) is 23.2 Å². The molecule has 2 heterocycles. The lowest BCUT2D eigenvalue weighted by Gasteiger charge is -2.23. The Morgan fingerprint density at radius 2 is 1.89 bits per heavy atom. The van der Waals surface area contributed by atoms with Crippen LogP contribution in [0.3, 0.4) is 0 Å². The second-order valence-electron chi connectivity index (χ2n) is 4.75. The van der Waals surface area contributed by atoms with Crippen molar-refractivity contribution in [2.45, 2.75) is 12.8 Å². The van der Waals surface area contributed by atoms with Crippen LogP contribution in [0.4, 0.5) is 0 Å². The van der Waals surface area contributed by atoms with Crippen LogP contribution in [-0.4, -0.2) is 32.2 Å². The number of hydrogen-bond acceptors (Lipinski definition) is 4. The van der Waals surface area contributed by atoms with Crippen LogP contribution < -0.4 is 9.47 Å². The zero-order valence-electron chi connectivity index (χ0n) is 10.5. The number of carbonyl (C=O) groups is 1. The molecule has 0 amide bonds. The van der Waals surface area contributed by atoms with Gasteiger partial charge in [0.25, 0.3) is 0 Å². The first-order valence-corrected chi connectivity index (χ1v) is 7.26. The number of fused-ring (bicyclic) bond motifs is 1.